The van der Waals surface area contributed by atoms with Crippen LogP contribution in [0, 0.1) is 37.8 Å². The van der Waals surface area contributed by atoms with Gasteiger partial charge in [0.2, 0.25) is 0 Å². The molecule has 0 spiro atoms. The van der Waals surface area contributed by atoms with Crippen LogP contribution < -0.4 is 11.1 Å². The third-order valence-electron chi connectivity index (χ3n) is 6.74. The number of hydrogen-bond acceptors (Lipinski definition) is 6. The van der Waals surface area contributed by atoms with Gasteiger partial charge in [-0.1, -0.05) is 42.8 Å². The normalized spacial score (nSPS) is 10.8. The third kappa shape index (κ3) is 9.02. The van der Waals surface area contributed by atoms with Crippen molar-refractivity contribution in [3.63, 3.8) is 0 Å². The maximum Gasteiger partial charge on any atom is 0.416 e. The van der Waals surface area contributed by atoms with Gasteiger partial charge in [-0.25, -0.2) is 9.97 Å². The second-order valence-corrected chi connectivity index (χ2v) is 11.3. The molecule has 0 bridgehead atoms. The SMILES string of the molecule is C.Cc1cccc([N+](=O)[O-])c1N.Cc1nc2c(C(=O)Nc3ccc(C(F)(F)F)cc3)cc(Cl)cc2[nH]1.Cc1nc2c(C)cc(Cl)cc2[nH]1. The van der Waals surface area contributed by atoms with Crippen LogP contribution >= 0.6 is 23.2 Å². The number of carbonyl (C=O) groups is 1. The number of aryl methyl sites for hydroxylation is 4. The summed E-state index contributed by atoms with van der Waals surface area (Å²) in [6, 6.07) is 15.9. The number of H-pyrrole nitrogens is 2. The average Bonchev–Trinajstić information content (AvgIpc) is 3.55. The smallest absolute Gasteiger partial charge is 0.393 e. The van der Waals surface area contributed by atoms with Crippen molar-refractivity contribution in [2.45, 2.75) is 41.3 Å². The van der Waals surface area contributed by atoms with Crippen molar-refractivity contribution < 1.29 is 22.9 Å². The highest BCUT2D eigenvalue weighted by molar-refractivity contribution is 6.32. The highest BCUT2D eigenvalue weighted by Gasteiger charge is 2.30. The van der Waals surface area contributed by atoms with Crippen LogP contribution in [-0.4, -0.2) is 30.8 Å². The molecular formula is C33H32Cl2F3N7O3. The maximum atomic E-state index is 12.6. The minimum Gasteiger partial charge on any atom is -0.393 e. The number of nitro benzene ring substituents is 1. The average molecular weight is 703 g/mol. The van der Waals surface area contributed by atoms with Gasteiger partial charge in [0.25, 0.3) is 11.6 Å². The van der Waals surface area contributed by atoms with Gasteiger partial charge in [0.05, 0.1) is 32.6 Å². The molecule has 5 N–H and O–H groups in total. The van der Waals surface area contributed by atoms with Crippen LogP contribution in [0.5, 0.6) is 0 Å². The Morgan fingerprint density at radius 2 is 1.40 bits per heavy atom. The lowest BCUT2D eigenvalue weighted by molar-refractivity contribution is -0.383. The molecule has 6 rings (SSSR count). The second kappa shape index (κ2) is 15.2. The second-order valence-electron chi connectivity index (χ2n) is 10.4. The first-order chi connectivity index (χ1) is 22.0. The quantitative estimate of drug-likeness (QED) is 0.0817. The van der Waals surface area contributed by atoms with Gasteiger partial charge in [-0.15, -0.1) is 0 Å². The van der Waals surface area contributed by atoms with Gasteiger partial charge in [0, 0.05) is 21.8 Å². The summed E-state index contributed by atoms with van der Waals surface area (Å²) < 4.78 is 37.7. The van der Waals surface area contributed by atoms with Crippen LogP contribution in [0.1, 0.15) is 46.1 Å². The number of aromatic amines is 2. The van der Waals surface area contributed by atoms with Crippen molar-refractivity contribution >= 4 is 68.2 Å². The van der Waals surface area contributed by atoms with Gasteiger partial charge in [0.15, 0.2) is 0 Å². The summed E-state index contributed by atoms with van der Waals surface area (Å²) in [7, 11) is 0. The summed E-state index contributed by atoms with van der Waals surface area (Å²) in [5.74, 6) is 1.04. The number of anilines is 2. The summed E-state index contributed by atoms with van der Waals surface area (Å²) in [6.45, 7) is 7.43. The number of nitrogen functional groups attached to an aromatic ring is 1. The van der Waals surface area contributed by atoms with Gasteiger partial charge in [-0.05, 0) is 87.4 Å². The summed E-state index contributed by atoms with van der Waals surface area (Å²) in [5.41, 5.74) is 10.3. The minimum absolute atomic E-state index is 0. The number of para-hydroxylation sites is 1. The zero-order chi connectivity index (χ0) is 34.6. The number of nitrogens with two attached hydrogens (primary N) is 1. The van der Waals surface area contributed by atoms with Gasteiger partial charge < -0.3 is 21.0 Å². The number of carbonyl (C=O) groups excluding carboxylic acids is 1. The Balaban J connectivity index is 0.000000218. The molecule has 10 nitrogen and oxygen atoms in total. The van der Waals surface area contributed by atoms with Gasteiger partial charge in [-0.2, -0.15) is 13.2 Å². The standard InChI is InChI=1S/C16H11ClF3N3O.C9H9ClN2.C7H8N2O2.CH4/c1-8-21-13-7-10(17)6-12(14(13)22-8)15(24)23-11-4-2-9(3-5-11)16(18,19)20;1-5-3-7(10)4-8-9(5)12-6(2)11-8;1-5-3-2-4-6(7(5)8)9(10)11;/h2-7H,1H3,(H,21,22)(H,23,24);3-4H,1-2H3,(H,11,12);2-4H,8H2,1H3;1H4. The molecule has 0 atom stereocenters. The van der Waals surface area contributed by atoms with Gasteiger partial charge >= 0.3 is 6.18 Å². The molecule has 4 aromatic carbocycles. The molecule has 0 aliphatic rings. The number of aromatic nitrogens is 4. The van der Waals surface area contributed by atoms with Crippen molar-refractivity contribution in [1.29, 1.82) is 0 Å². The Morgan fingerprint density at radius 3 is 1.94 bits per heavy atom. The fraction of sp³-hybridized carbons (Fsp3) is 0.182. The highest BCUT2D eigenvalue weighted by atomic mass is 35.5. The molecule has 0 aliphatic carbocycles. The number of benzene rings is 4. The van der Waals surface area contributed by atoms with E-state index in [9.17, 15) is 28.1 Å². The molecule has 0 unspecified atom stereocenters. The largest absolute Gasteiger partial charge is 0.416 e. The topological polar surface area (TPSA) is 156 Å². The summed E-state index contributed by atoms with van der Waals surface area (Å²) in [5, 5.41) is 14.0. The van der Waals surface area contributed by atoms with E-state index < -0.39 is 22.6 Å². The molecule has 0 fully saturated rings. The lowest BCUT2D eigenvalue weighted by Gasteiger charge is -2.09. The zero-order valence-corrected chi connectivity index (χ0v) is 26.9. The van der Waals surface area contributed by atoms with Gasteiger partial charge in [0.1, 0.15) is 22.9 Å². The molecule has 2 heterocycles. The lowest BCUT2D eigenvalue weighted by Crippen LogP contribution is -2.13. The first-order valence-electron chi connectivity index (χ1n) is 13.8. The van der Waals surface area contributed by atoms with Crippen LogP contribution in [0.2, 0.25) is 10.0 Å². The zero-order valence-electron chi connectivity index (χ0n) is 25.4. The molecular weight excluding hydrogens is 670 g/mol. The van der Waals surface area contributed by atoms with E-state index in [4.69, 9.17) is 28.9 Å². The Hall–Kier alpha value is -5.14. The number of amides is 1. The molecule has 252 valence electrons. The number of nitrogens with one attached hydrogen (secondary N) is 3. The number of fused-ring (bicyclic) bond motifs is 2. The maximum absolute atomic E-state index is 12.6. The fourth-order valence-corrected chi connectivity index (χ4v) is 5.00. The van der Waals surface area contributed by atoms with Crippen molar-refractivity contribution in [3.05, 3.63) is 121 Å². The number of nitro groups is 1. The number of alkyl halides is 3. The number of rotatable bonds is 3. The Morgan fingerprint density at radius 1 is 0.854 bits per heavy atom. The van der Waals surface area contributed by atoms with Crippen molar-refractivity contribution in [1.82, 2.24) is 19.9 Å². The van der Waals surface area contributed by atoms with Crippen LogP contribution in [0.3, 0.4) is 0 Å². The highest BCUT2D eigenvalue weighted by Crippen LogP contribution is 2.30. The third-order valence-corrected chi connectivity index (χ3v) is 7.18. The molecule has 6 aromatic rings. The summed E-state index contributed by atoms with van der Waals surface area (Å²) >= 11 is 11.9. The van der Waals surface area contributed by atoms with E-state index in [1.165, 1.54) is 24.3 Å². The molecule has 0 saturated heterocycles. The van der Waals surface area contributed by atoms with E-state index in [1.54, 1.807) is 32.0 Å². The molecule has 0 saturated carbocycles. The van der Waals surface area contributed by atoms with E-state index in [2.05, 4.69) is 25.3 Å². The predicted molar refractivity (Wildman–Crippen MR) is 185 cm³/mol. The van der Waals surface area contributed by atoms with Crippen molar-refractivity contribution in [3.8, 4) is 0 Å². The number of imidazole rings is 2. The van der Waals surface area contributed by atoms with E-state index in [0.717, 1.165) is 45.1 Å². The first-order valence-corrected chi connectivity index (χ1v) is 14.6. The molecule has 0 radical (unpaired) electrons. The Kier molecular flexibility index (Phi) is 11.8. The van der Waals surface area contributed by atoms with Crippen LogP contribution in [-0.2, 0) is 6.18 Å². The number of halogens is 5. The van der Waals surface area contributed by atoms with Crippen LogP contribution in [0.15, 0.2) is 66.7 Å². The molecule has 1 amide bonds. The van der Waals surface area contributed by atoms with Crippen molar-refractivity contribution in [2.24, 2.45) is 0 Å². The van der Waals surface area contributed by atoms with E-state index >= 15 is 0 Å². The monoisotopic (exact) mass is 701 g/mol. The summed E-state index contributed by atoms with van der Waals surface area (Å²) in [6.07, 6.45) is -4.42. The van der Waals surface area contributed by atoms with Crippen molar-refractivity contribution in [2.75, 3.05) is 11.1 Å². The van der Waals surface area contributed by atoms with Gasteiger partial charge in [-0.3, -0.25) is 14.9 Å². The fourth-order valence-electron chi connectivity index (χ4n) is 4.51. The summed E-state index contributed by atoms with van der Waals surface area (Å²) in [4.78, 5) is 36.9. The Bertz CT molecular complexity index is 2090. The molecule has 15 heteroatoms. The van der Waals surface area contributed by atoms with E-state index in [-0.39, 0.29) is 30.1 Å². The molecule has 2 aromatic heterocycles. The molecule has 0 aliphatic heterocycles. The Labute approximate surface area is 283 Å². The van der Waals surface area contributed by atoms with Crippen LogP contribution in [0.25, 0.3) is 22.1 Å². The number of nitrogens with zero attached hydrogens (tertiary/aromatic N) is 3. The first kappa shape index (κ1) is 37.3. The minimum atomic E-state index is -4.42. The van der Waals surface area contributed by atoms with E-state index in [0.29, 0.717) is 21.9 Å². The van der Waals surface area contributed by atoms with E-state index in [1.807, 2.05) is 26.0 Å². The predicted octanol–water partition coefficient (Wildman–Crippen LogP) is 9.75. The van der Waals surface area contributed by atoms with Crippen LogP contribution in [0.4, 0.5) is 30.2 Å². The molecule has 48 heavy (non-hydrogen) atoms. The lowest BCUT2D eigenvalue weighted by atomic mass is 10.1. The number of hydrogen-bond donors (Lipinski definition) is 4.